The van der Waals surface area contributed by atoms with E-state index in [4.69, 9.17) is 4.74 Å². The molecule has 0 unspecified atom stereocenters. The van der Waals surface area contributed by atoms with Crippen molar-refractivity contribution in [3.05, 3.63) is 107 Å². The summed E-state index contributed by atoms with van der Waals surface area (Å²) in [6.07, 6.45) is 0.523. The molecule has 0 N–H and O–H groups in total. The number of rotatable bonds is 7. The fraction of sp³-hybridized carbons (Fsp3) is 0.222. The van der Waals surface area contributed by atoms with Crippen LogP contribution in [-0.4, -0.2) is 51.9 Å². The third-order valence-electron chi connectivity index (χ3n) is 5.90. The Morgan fingerprint density at radius 3 is 2.43 bits per heavy atom. The number of carbonyl (C=O) groups is 1. The highest BCUT2D eigenvalue weighted by molar-refractivity contribution is 7.98. The number of para-hydroxylation sites is 1. The number of aromatic nitrogens is 3. The molecule has 1 aliphatic heterocycles. The number of ether oxygens (including phenoxy) is 1. The van der Waals surface area contributed by atoms with E-state index in [0.717, 1.165) is 11.1 Å². The molecule has 6 nitrogen and oxygen atoms in total. The number of amides is 1. The second kappa shape index (κ2) is 10.8. The van der Waals surface area contributed by atoms with Crippen molar-refractivity contribution in [2.75, 3.05) is 26.3 Å². The maximum atomic E-state index is 14.8. The summed E-state index contributed by atoms with van der Waals surface area (Å²) in [4.78, 5) is 15.0. The second-order valence-electron chi connectivity index (χ2n) is 8.20. The number of hydrogen-bond donors (Lipinski definition) is 0. The van der Waals surface area contributed by atoms with Gasteiger partial charge in [0.05, 0.1) is 18.9 Å². The second-order valence-corrected chi connectivity index (χ2v) is 9.14. The van der Waals surface area contributed by atoms with Gasteiger partial charge in [-0.2, -0.15) is 0 Å². The van der Waals surface area contributed by atoms with E-state index in [2.05, 4.69) is 10.2 Å². The lowest BCUT2D eigenvalue weighted by molar-refractivity contribution is 0.0302. The van der Waals surface area contributed by atoms with Crippen LogP contribution < -0.4 is 0 Å². The maximum absolute atomic E-state index is 14.8. The minimum atomic E-state index is -0.341. The van der Waals surface area contributed by atoms with Crippen molar-refractivity contribution in [3.63, 3.8) is 0 Å². The summed E-state index contributed by atoms with van der Waals surface area (Å²) in [6.45, 7) is 2.28. The summed E-state index contributed by atoms with van der Waals surface area (Å²) in [6, 6.07) is 24.2. The molecule has 0 aliphatic carbocycles. The highest BCUT2D eigenvalue weighted by atomic mass is 32.2. The van der Waals surface area contributed by atoms with Gasteiger partial charge in [0, 0.05) is 30.8 Å². The van der Waals surface area contributed by atoms with E-state index in [1.54, 1.807) is 22.8 Å². The average molecular weight is 489 g/mol. The summed E-state index contributed by atoms with van der Waals surface area (Å²) in [5.74, 6) is 0.821. The molecule has 0 atom stereocenters. The van der Waals surface area contributed by atoms with Gasteiger partial charge < -0.3 is 9.64 Å². The molecule has 8 heteroatoms. The summed E-state index contributed by atoms with van der Waals surface area (Å²) in [5.41, 5.74) is 3.05. The number of carbonyl (C=O) groups excluding carboxylic acids is 1. The number of benzene rings is 3. The summed E-state index contributed by atoms with van der Waals surface area (Å²) in [5, 5.41) is 9.39. The fourth-order valence-corrected chi connectivity index (χ4v) is 5.06. The summed E-state index contributed by atoms with van der Waals surface area (Å²) >= 11 is 1.44. The van der Waals surface area contributed by atoms with Crippen molar-refractivity contribution >= 4 is 17.7 Å². The van der Waals surface area contributed by atoms with Crippen LogP contribution in [-0.2, 0) is 16.9 Å². The maximum Gasteiger partial charge on any atom is 0.254 e. The monoisotopic (exact) mass is 488 g/mol. The minimum absolute atomic E-state index is 0.00448. The Morgan fingerprint density at radius 2 is 1.63 bits per heavy atom. The first-order chi connectivity index (χ1) is 17.2. The molecule has 2 heterocycles. The number of halogens is 1. The number of nitrogens with zero attached hydrogens (tertiary/aromatic N) is 4. The van der Waals surface area contributed by atoms with Gasteiger partial charge in [-0.25, -0.2) is 4.39 Å². The Morgan fingerprint density at radius 1 is 0.914 bits per heavy atom. The largest absolute Gasteiger partial charge is 0.378 e. The molecule has 1 saturated heterocycles. The highest BCUT2D eigenvalue weighted by Crippen LogP contribution is 2.29. The lowest BCUT2D eigenvalue weighted by atomic mass is 10.1. The van der Waals surface area contributed by atoms with Gasteiger partial charge >= 0.3 is 0 Å². The topological polar surface area (TPSA) is 60.2 Å². The molecule has 1 fully saturated rings. The zero-order valence-corrected chi connectivity index (χ0v) is 20.0. The lowest BCUT2D eigenvalue weighted by Gasteiger charge is -2.27. The van der Waals surface area contributed by atoms with Crippen LogP contribution in [0.5, 0.6) is 0 Å². The van der Waals surface area contributed by atoms with Crippen LogP contribution in [0.1, 0.15) is 27.3 Å². The molecule has 1 aromatic heterocycles. The van der Waals surface area contributed by atoms with Gasteiger partial charge in [-0.1, -0.05) is 72.4 Å². The van der Waals surface area contributed by atoms with Gasteiger partial charge in [-0.15, -0.1) is 10.2 Å². The first-order valence-corrected chi connectivity index (χ1v) is 12.5. The third-order valence-corrected chi connectivity index (χ3v) is 6.88. The van der Waals surface area contributed by atoms with Crippen molar-refractivity contribution in [1.29, 1.82) is 0 Å². The predicted octanol–water partition coefficient (Wildman–Crippen LogP) is 4.76. The van der Waals surface area contributed by atoms with E-state index in [0.29, 0.717) is 60.7 Å². The molecule has 5 rings (SSSR count). The van der Waals surface area contributed by atoms with Crippen LogP contribution in [0.3, 0.4) is 0 Å². The van der Waals surface area contributed by atoms with Gasteiger partial charge in [0.15, 0.2) is 5.16 Å². The number of hydrogen-bond acceptors (Lipinski definition) is 5. The van der Waals surface area contributed by atoms with Crippen LogP contribution in [0.2, 0.25) is 0 Å². The molecule has 1 amide bonds. The Bertz CT molecular complexity index is 1310. The van der Waals surface area contributed by atoms with E-state index in [1.165, 1.54) is 17.8 Å². The minimum Gasteiger partial charge on any atom is -0.378 e. The van der Waals surface area contributed by atoms with Gasteiger partial charge in [0.1, 0.15) is 11.6 Å². The molecular formula is C27H25FN4O2S. The highest BCUT2D eigenvalue weighted by Gasteiger charge is 2.22. The van der Waals surface area contributed by atoms with Gasteiger partial charge in [-0.3, -0.25) is 9.36 Å². The first kappa shape index (κ1) is 23.3. The van der Waals surface area contributed by atoms with Crippen LogP contribution in [0.15, 0.2) is 84.0 Å². The molecule has 0 radical (unpaired) electrons. The van der Waals surface area contributed by atoms with E-state index in [9.17, 15) is 9.18 Å². The SMILES string of the molecule is O=C(c1ccccc1CSc1nnc(Cc2ccccc2)n1-c1ccccc1F)N1CCOCC1. The van der Waals surface area contributed by atoms with Crippen molar-refractivity contribution < 1.29 is 13.9 Å². The fourth-order valence-electron chi connectivity index (χ4n) is 4.10. The lowest BCUT2D eigenvalue weighted by Crippen LogP contribution is -2.41. The molecular weight excluding hydrogens is 463 g/mol. The third kappa shape index (κ3) is 5.28. The Hall–Kier alpha value is -3.49. The average Bonchev–Trinajstić information content (AvgIpc) is 3.30. The van der Waals surface area contributed by atoms with Crippen LogP contribution >= 0.6 is 11.8 Å². The Labute approximate surface area is 207 Å². The van der Waals surface area contributed by atoms with Gasteiger partial charge in [0.2, 0.25) is 0 Å². The van der Waals surface area contributed by atoms with E-state index < -0.39 is 0 Å². The molecule has 178 valence electrons. The van der Waals surface area contributed by atoms with Crippen molar-refractivity contribution in [3.8, 4) is 5.69 Å². The van der Waals surface area contributed by atoms with E-state index in [1.807, 2.05) is 59.5 Å². The Kier molecular flexibility index (Phi) is 7.20. The molecule has 1 aliphatic rings. The van der Waals surface area contributed by atoms with Crippen molar-refractivity contribution in [2.45, 2.75) is 17.3 Å². The predicted molar refractivity (Wildman–Crippen MR) is 133 cm³/mol. The standard InChI is InChI=1S/C27H25FN4O2S/c28-23-12-6-7-13-24(23)32-25(18-20-8-2-1-3-9-20)29-30-27(32)35-19-21-10-4-5-11-22(21)26(33)31-14-16-34-17-15-31/h1-13H,14-19H2. The molecule has 0 spiro atoms. The van der Waals surface area contributed by atoms with Crippen LogP contribution in [0.25, 0.3) is 5.69 Å². The zero-order chi connectivity index (χ0) is 24.0. The molecule has 0 saturated carbocycles. The number of morpholine rings is 1. The summed E-state index contributed by atoms with van der Waals surface area (Å²) < 4.78 is 22.0. The molecule has 0 bridgehead atoms. The molecule has 35 heavy (non-hydrogen) atoms. The first-order valence-electron chi connectivity index (χ1n) is 11.5. The van der Waals surface area contributed by atoms with Crippen LogP contribution in [0, 0.1) is 5.82 Å². The molecule has 3 aromatic carbocycles. The van der Waals surface area contributed by atoms with Crippen molar-refractivity contribution in [1.82, 2.24) is 19.7 Å². The Balaban J connectivity index is 1.43. The quantitative estimate of drug-likeness (QED) is 0.351. The zero-order valence-electron chi connectivity index (χ0n) is 19.1. The van der Waals surface area contributed by atoms with E-state index >= 15 is 0 Å². The van der Waals surface area contributed by atoms with E-state index in [-0.39, 0.29) is 11.7 Å². The van der Waals surface area contributed by atoms with Crippen LogP contribution in [0.4, 0.5) is 4.39 Å². The number of thioether (sulfide) groups is 1. The smallest absolute Gasteiger partial charge is 0.254 e. The van der Waals surface area contributed by atoms with Gasteiger partial charge in [-0.05, 0) is 29.3 Å². The summed E-state index contributed by atoms with van der Waals surface area (Å²) in [7, 11) is 0. The normalized spacial score (nSPS) is 13.7. The van der Waals surface area contributed by atoms with Crippen molar-refractivity contribution in [2.24, 2.45) is 0 Å². The van der Waals surface area contributed by atoms with Gasteiger partial charge in [0.25, 0.3) is 5.91 Å². The molecule has 4 aromatic rings.